The zero-order valence-electron chi connectivity index (χ0n) is 22.6. The van der Waals surface area contributed by atoms with E-state index in [1.807, 2.05) is 24.5 Å². The van der Waals surface area contributed by atoms with E-state index in [0.717, 1.165) is 52.2 Å². The summed E-state index contributed by atoms with van der Waals surface area (Å²) in [4.78, 5) is 21.9. The number of hydrogen-bond acceptors (Lipinski definition) is 7. The fourth-order valence-corrected chi connectivity index (χ4v) is 5.69. The first-order valence-corrected chi connectivity index (χ1v) is 13.8. The summed E-state index contributed by atoms with van der Waals surface area (Å²) in [7, 11) is 1.51. The number of benzene rings is 1. The van der Waals surface area contributed by atoms with Crippen molar-refractivity contribution < 1.29 is 9.13 Å². The molecule has 0 bridgehead atoms. The molecule has 6 aromatic rings. The van der Waals surface area contributed by atoms with Gasteiger partial charge < -0.3 is 15.0 Å². The van der Waals surface area contributed by atoms with Crippen LogP contribution in [-0.2, 0) is 6.54 Å². The highest BCUT2D eigenvalue weighted by Gasteiger charge is 2.18. The Labute approximate surface area is 235 Å². The maximum Gasteiger partial charge on any atom is 0.159 e. The van der Waals surface area contributed by atoms with Gasteiger partial charge in [-0.2, -0.15) is 5.10 Å². The number of halogens is 1. The first-order chi connectivity index (χ1) is 20.1. The predicted molar refractivity (Wildman–Crippen MR) is 156 cm³/mol. The van der Waals surface area contributed by atoms with Crippen LogP contribution in [0.3, 0.4) is 0 Å². The number of ether oxygens (including phenoxy) is 1. The monoisotopic (exact) mass is 548 g/mol. The van der Waals surface area contributed by atoms with Crippen molar-refractivity contribution >= 4 is 21.9 Å². The van der Waals surface area contributed by atoms with E-state index in [-0.39, 0.29) is 0 Å². The average molecular weight is 549 g/mol. The molecule has 1 aromatic carbocycles. The number of aromatic nitrogens is 7. The summed E-state index contributed by atoms with van der Waals surface area (Å²) in [6.45, 7) is 1.83. The van der Waals surface area contributed by atoms with Crippen molar-refractivity contribution in [2.45, 2.75) is 32.2 Å². The maximum absolute atomic E-state index is 14.3. The van der Waals surface area contributed by atoms with Gasteiger partial charge in [-0.3, -0.25) is 20.1 Å². The van der Waals surface area contributed by atoms with Crippen LogP contribution >= 0.6 is 0 Å². The molecule has 5 aromatic heterocycles. The van der Waals surface area contributed by atoms with Crippen molar-refractivity contribution in [1.82, 2.24) is 40.4 Å². The molecule has 7 rings (SSSR count). The third-order valence-corrected chi connectivity index (χ3v) is 7.78. The second kappa shape index (κ2) is 10.7. The van der Waals surface area contributed by atoms with Crippen LogP contribution in [0.5, 0.6) is 5.75 Å². The molecule has 0 amide bonds. The molecule has 41 heavy (non-hydrogen) atoms. The van der Waals surface area contributed by atoms with E-state index in [1.54, 1.807) is 18.5 Å². The molecule has 3 N–H and O–H groups in total. The van der Waals surface area contributed by atoms with Crippen LogP contribution < -0.4 is 10.1 Å². The molecular weight excluding hydrogens is 519 g/mol. The SMILES string of the molecule is COc1cc(F)cc(-c2nccc3[nH]c(-c4n[nH]c5cnc(-c6cncc(CNCC7CCCC7)c6)cc45)nc23)c1. The number of rotatable bonds is 8. The van der Waals surface area contributed by atoms with Gasteiger partial charge in [-0.25, -0.2) is 9.37 Å². The Morgan fingerprint density at radius 3 is 2.76 bits per heavy atom. The molecule has 1 fully saturated rings. The number of H-pyrrole nitrogens is 2. The fraction of sp³-hybridized carbons (Fsp3) is 0.258. The minimum absolute atomic E-state index is 0.407. The van der Waals surface area contributed by atoms with Crippen LogP contribution in [0, 0.1) is 11.7 Å². The van der Waals surface area contributed by atoms with E-state index in [0.29, 0.717) is 34.0 Å². The molecule has 9 nitrogen and oxygen atoms in total. The number of nitrogens with one attached hydrogen (secondary N) is 3. The molecule has 0 unspecified atom stereocenters. The summed E-state index contributed by atoms with van der Waals surface area (Å²) in [5, 5.41) is 12.1. The second-order valence-electron chi connectivity index (χ2n) is 10.6. The smallest absolute Gasteiger partial charge is 0.159 e. The van der Waals surface area contributed by atoms with Crippen LogP contribution in [0.15, 0.2) is 61.2 Å². The standard InChI is InChI=1S/C31H29FN8O/c1-41-23-10-20(9-22(32)11-23)28-30-25(6-7-35-28)37-31(38-30)29-24-12-26(36-17-27(24)39-40-29)21-8-19(15-34-16-21)14-33-13-18-4-2-3-5-18/h6-12,15-18,33H,2-5,13-14H2,1H3,(H,37,38)(H,39,40). The van der Waals surface area contributed by atoms with Crippen LogP contribution in [0.1, 0.15) is 31.2 Å². The lowest BCUT2D eigenvalue weighted by Gasteiger charge is -2.11. The molecule has 0 spiro atoms. The van der Waals surface area contributed by atoms with Gasteiger partial charge in [0.2, 0.25) is 0 Å². The number of aromatic amines is 2. The van der Waals surface area contributed by atoms with E-state index < -0.39 is 5.82 Å². The molecule has 0 atom stereocenters. The summed E-state index contributed by atoms with van der Waals surface area (Å²) < 4.78 is 19.5. The molecule has 0 radical (unpaired) electrons. The zero-order valence-corrected chi connectivity index (χ0v) is 22.6. The Balaban J connectivity index is 1.21. The summed E-state index contributed by atoms with van der Waals surface area (Å²) in [5.74, 6) is 1.37. The molecule has 1 aliphatic carbocycles. The molecular formula is C31H29FN8O. The average Bonchev–Trinajstić information content (AvgIpc) is 3.76. The lowest BCUT2D eigenvalue weighted by Crippen LogP contribution is -2.20. The Hall–Kier alpha value is -4.70. The third-order valence-electron chi connectivity index (χ3n) is 7.78. The number of fused-ring (bicyclic) bond motifs is 2. The summed E-state index contributed by atoms with van der Waals surface area (Å²) >= 11 is 0. The van der Waals surface area contributed by atoms with Gasteiger partial charge in [0.1, 0.15) is 22.8 Å². The Bertz CT molecular complexity index is 1860. The normalized spacial score (nSPS) is 13.9. The highest BCUT2D eigenvalue weighted by molar-refractivity contribution is 5.96. The van der Waals surface area contributed by atoms with Crippen molar-refractivity contribution in [2.24, 2.45) is 5.92 Å². The van der Waals surface area contributed by atoms with Gasteiger partial charge in [0.15, 0.2) is 5.82 Å². The predicted octanol–water partition coefficient (Wildman–Crippen LogP) is 6.05. The molecule has 1 saturated carbocycles. The van der Waals surface area contributed by atoms with Crippen molar-refractivity contribution in [3.8, 4) is 39.8 Å². The Morgan fingerprint density at radius 2 is 1.88 bits per heavy atom. The molecule has 5 heterocycles. The summed E-state index contributed by atoms with van der Waals surface area (Å²) in [6, 6.07) is 10.5. The van der Waals surface area contributed by atoms with Gasteiger partial charge in [-0.1, -0.05) is 12.8 Å². The first kappa shape index (κ1) is 25.3. The fourth-order valence-electron chi connectivity index (χ4n) is 5.69. The van der Waals surface area contributed by atoms with E-state index in [9.17, 15) is 4.39 Å². The minimum Gasteiger partial charge on any atom is -0.497 e. The molecule has 10 heteroatoms. The third kappa shape index (κ3) is 5.02. The number of methoxy groups -OCH3 is 1. The second-order valence-corrected chi connectivity index (χ2v) is 10.6. The Morgan fingerprint density at radius 1 is 0.976 bits per heavy atom. The van der Waals surface area contributed by atoms with Crippen LogP contribution in [0.4, 0.5) is 4.39 Å². The summed E-state index contributed by atoms with van der Waals surface area (Å²) in [6.07, 6.45) is 12.5. The number of imidazole rings is 1. The summed E-state index contributed by atoms with van der Waals surface area (Å²) in [5.41, 5.74) is 6.82. The van der Waals surface area contributed by atoms with Crippen molar-refractivity contribution in [2.75, 3.05) is 13.7 Å². The number of nitrogens with zero attached hydrogens (tertiary/aromatic N) is 5. The first-order valence-electron chi connectivity index (χ1n) is 13.8. The van der Waals surface area contributed by atoms with Crippen LogP contribution in [0.2, 0.25) is 0 Å². The van der Waals surface area contributed by atoms with Gasteiger partial charge in [0.25, 0.3) is 0 Å². The van der Waals surface area contributed by atoms with Gasteiger partial charge in [0.05, 0.1) is 35.7 Å². The highest BCUT2D eigenvalue weighted by Crippen LogP contribution is 2.33. The largest absolute Gasteiger partial charge is 0.497 e. The van der Waals surface area contributed by atoms with E-state index in [2.05, 4.69) is 41.5 Å². The van der Waals surface area contributed by atoms with Crippen molar-refractivity contribution in [3.05, 3.63) is 72.6 Å². The van der Waals surface area contributed by atoms with Crippen LogP contribution in [0.25, 0.3) is 56.0 Å². The van der Waals surface area contributed by atoms with E-state index >= 15 is 0 Å². The van der Waals surface area contributed by atoms with Crippen LogP contribution in [-0.4, -0.2) is 48.8 Å². The topological polar surface area (TPSA) is 117 Å². The van der Waals surface area contributed by atoms with E-state index in [4.69, 9.17) is 9.72 Å². The number of pyridine rings is 3. The minimum atomic E-state index is -0.407. The van der Waals surface area contributed by atoms with Gasteiger partial charge >= 0.3 is 0 Å². The highest BCUT2D eigenvalue weighted by atomic mass is 19.1. The molecule has 0 saturated heterocycles. The van der Waals surface area contributed by atoms with Crippen molar-refractivity contribution in [3.63, 3.8) is 0 Å². The lowest BCUT2D eigenvalue weighted by molar-refractivity contribution is 0.411. The zero-order chi connectivity index (χ0) is 27.8. The Kier molecular flexibility index (Phi) is 6.60. The van der Waals surface area contributed by atoms with Gasteiger partial charge in [-0.05, 0) is 61.2 Å². The maximum atomic E-state index is 14.3. The molecule has 1 aliphatic rings. The van der Waals surface area contributed by atoms with Gasteiger partial charge in [-0.15, -0.1) is 0 Å². The lowest BCUT2D eigenvalue weighted by atomic mass is 10.1. The molecule has 206 valence electrons. The number of hydrogen-bond donors (Lipinski definition) is 3. The quantitative estimate of drug-likeness (QED) is 0.212. The van der Waals surface area contributed by atoms with Gasteiger partial charge in [0, 0.05) is 47.7 Å². The van der Waals surface area contributed by atoms with E-state index in [1.165, 1.54) is 44.9 Å². The molecule has 0 aliphatic heterocycles. The van der Waals surface area contributed by atoms with Crippen molar-refractivity contribution in [1.29, 1.82) is 0 Å².